The van der Waals surface area contributed by atoms with Crippen molar-refractivity contribution >= 4 is 10.0 Å². The summed E-state index contributed by atoms with van der Waals surface area (Å²) in [6.45, 7) is 6.62. The number of sulfonamides is 1. The lowest BCUT2D eigenvalue weighted by molar-refractivity contribution is -0.0427. The first-order valence-electron chi connectivity index (χ1n) is 7.38. The summed E-state index contributed by atoms with van der Waals surface area (Å²) < 4.78 is 31.7. The van der Waals surface area contributed by atoms with Gasteiger partial charge in [0.05, 0.1) is 18.5 Å². The summed E-state index contributed by atoms with van der Waals surface area (Å²) in [5, 5.41) is 0. The zero-order chi connectivity index (χ0) is 15.3. The van der Waals surface area contributed by atoms with Crippen LogP contribution in [0.3, 0.4) is 0 Å². The summed E-state index contributed by atoms with van der Waals surface area (Å²) in [5.41, 5.74) is 1.26. The third-order valence-corrected chi connectivity index (χ3v) is 5.22. The van der Waals surface area contributed by atoms with Crippen molar-refractivity contribution in [2.45, 2.75) is 32.5 Å². The summed E-state index contributed by atoms with van der Waals surface area (Å²) in [5.74, 6) is 0.0950. The third kappa shape index (κ3) is 5.07. The highest BCUT2D eigenvalue weighted by atomic mass is 32.2. The van der Waals surface area contributed by atoms with Crippen molar-refractivity contribution in [3.63, 3.8) is 0 Å². The highest BCUT2D eigenvalue weighted by Gasteiger charge is 2.27. The zero-order valence-corrected chi connectivity index (χ0v) is 13.5. The molecule has 0 aliphatic carbocycles. The van der Waals surface area contributed by atoms with Crippen LogP contribution in [0.2, 0.25) is 0 Å². The molecule has 21 heavy (non-hydrogen) atoms. The molecule has 1 aliphatic rings. The second kappa shape index (κ2) is 7.35. The fourth-order valence-electron chi connectivity index (χ4n) is 2.46. The van der Waals surface area contributed by atoms with Crippen LogP contribution in [-0.2, 0) is 21.3 Å². The lowest BCUT2D eigenvalue weighted by atomic mass is 10.1. The van der Waals surface area contributed by atoms with Crippen LogP contribution in [0.5, 0.6) is 0 Å². The molecule has 5 nitrogen and oxygen atoms in total. The van der Waals surface area contributed by atoms with Crippen LogP contribution in [-0.4, -0.2) is 50.9 Å². The van der Waals surface area contributed by atoms with Crippen molar-refractivity contribution in [2.75, 3.05) is 25.4 Å². The summed E-state index contributed by atoms with van der Waals surface area (Å²) in [6, 6.07) is 10.1. The first-order chi connectivity index (χ1) is 10.00. The Kier molecular flexibility index (Phi) is 5.75. The van der Waals surface area contributed by atoms with E-state index in [1.54, 1.807) is 6.92 Å². The SMILES string of the molecule is CCS(=O)(=O)NC(C)C1CN(Cc2ccccc2)CCO1. The third-order valence-electron chi connectivity index (χ3n) is 3.73. The molecule has 2 atom stereocenters. The molecule has 0 spiro atoms. The zero-order valence-electron chi connectivity index (χ0n) is 12.7. The molecule has 0 radical (unpaired) electrons. The van der Waals surface area contributed by atoms with Crippen LogP contribution in [0.4, 0.5) is 0 Å². The number of nitrogens with zero attached hydrogens (tertiary/aromatic N) is 1. The molecule has 118 valence electrons. The predicted molar refractivity (Wildman–Crippen MR) is 83.5 cm³/mol. The molecule has 6 heteroatoms. The van der Waals surface area contributed by atoms with E-state index in [1.165, 1.54) is 5.56 Å². The standard InChI is InChI=1S/C15H24N2O3S/c1-3-21(18,19)16-13(2)15-12-17(9-10-20-15)11-14-7-5-4-6-8-14/h4-8,13,15-16H,3,9-12H2,1-2H3. The quantitative estimate of drug-likeness (QED) is 0.858. The van der Waals surface area contributed by atoms with Gasteiger partial charge in [0.25, 0.3) is 0 Å². The average Bonchev–Trinajstić information content (AvgIpc) is 2.48. The molecule has 0 saturated carbocycles. The Bertz CT molecular complexity index is 533. The number of hydrogen-bond acceptors (Lipinski definition) is 4. The van der Waals surface area contributed by atoms with E-state index in [4.69, 9.17) is 4.74 Å². The van der Waals surface area contributed by atoms with Gasteiger partial charge in [0, 0.05) is 25.7 Å². The Hall–Kier alpha value is -0.950. The molecule has 1 fully saturated rings. The Labute approximate surface area is 127 Å². The molecule has 0 bridgehead atoms. The second-order valence-electron chi connectivity index (χ2n) is 5.44. The minimum Gasteiger partial charge on any atom is -0.374 e. The van der Waals surface area contributed by atoms with Crippen LogP contribution in [0.25, 0.3) is 0 Å². The highest BCUT2D eigenvalue weighted by Crippen LogP contribution is 2.13. The molecule has 1 aromatic carbocycles. The van der Waals surface area contributed by atoms with Gasteiger partial charge in [-0.05, 0) is 19.4 Å². The Morgan fingerprint density at radius 2 is 2.10 bits per heavy atom. The topological polar surface area (TPSA) is 58.6 Å². The summed E-state index contributed by atoms with van der Waals surface area (Å²) in [6.07, 6.45) is -0.108. The Morgan fingerprint density at radius 1 is 1.38 bits per heavy atom. The fourth-order valence-corrected chi connectivity index (χ4v) is 3.35. The van der Waals surface area contributed by atoms with E-state index in [1.807, 2.05) is 25.1 Å². The van der Waals surface area contributed by atoms with Crippen molar-refractivity contribution in [1.29, 1.82) is 0 Å². The van der Waals surface area contributed by atoms with Crippen molar-refractivity contribution in [2.24, 2.45) is 0 Å². The Balaban J connectivity index is 1.91. The maximum Gasteiger partial charge on any atom is 0.211 e. The molecule has 1 saturated heterocycles. The van der Waals surface area contributed by atoms with Gasteiger partial charge in [0.15, 0.2) is 0 Å². The van der Waals surface area contributed by atoms with Gasteiger partial charge in [0.1, 0.15) is 0 Å². The van der Waals surface area contributed by atoms with E-state index in [9.17, 15) is 8.42 Å². The Morgan fingerprint density at radius 3 is 2.76 bits per heavy atom. The normalized spacial score (nSPS) is 22.1. The monoisotopic (exact) mass is 312 g/mol. The maximum atomic E-state index is 11.6. The van der Waals surface area contributed by atoms with E-state index in [0.29, 0.717) is 6.61 Å². The van der Waals surface area contributed by atoms with Crippen molar-refractivity contribution in [1.82, 2.24) is 9.62 Å². The molecule has 1 heterocycles. The number of benzene rings is 1. The maximum absolute atomic E-state index is 11.6. The number of morpholine rings is 1. The van der Waals surface area contributed by atoms with E-state index in [0.717, 1.165) is 19.6 Å². The number of ether oxygens (including phenoxy) is 1. The average molecular weight is 312 g/mol. The largest absolute Gasteiger partial charge is 0.374 e. The molecular formula is C15H24N2O3S. The lowest BCUT2D eigenvalue weighted by Gasteiger charge is -2.36. The highest BCUT2D eigenvalue weighted by molar-refractivity contribution is 7.89. The smallest absolute Gasteiger partial charge is 0.211 e. The second-order valence-corrected chi connectivity index (χ2v) is 7.48. The van der Waals surface area contributed by atoms with Gasteiger partial charge in [-0.2, -0.15) is 0 Å². The molecule has 2 unspecified atom stereocenters. The summed E-state index contributed by atoms with van der Waals surface area (Å²) >= 11 is 0. The van der Waals surface area contributed by atoms with Crippen LogP contribution >= 0.6 is 0 Å². The van der Waals surface area contributed by atoms with E-state index in [2.05, 4.69) is 21.8 Å². The predicted octanol–water partition coefficient (Wildman–Crippen LogP) is 1.22. The molecular weight excluding hydrogens is 288 g/mol. The molecule has 1 N–H and O–H groups in total. The summed E-state index contributed by atoms with van der Waals surface area (Å²) in [7, 11) is -3.19. The first-order valence-corrected chi connectivity index (χ1v) is 9.03. The number of nitrogens with one attached hydrogen (secondary N) is 1. The fraction of sp³-hybridized carbons (Fsp3) is 0.600. The van der Waals surface area contributed by atoms with Gasteiger partial charge in [0.2, 0.25) is 10.0 Å². The van der Waals surface area contributed by atoms with Crippen LogP contribution in [0.15, 0.2) is 30.3 Å². The molecule has 1 aromatic rings. The van der Waals surface area contributed by atoms with Crippen molar-refractivity contribution in [3.8, 4) is 0 Å². The van der Waals surface area contributed by atoms with Crippen molar-refractivity contribution in [3.05, 3.63) is 35.9 Å². The molecule has 0 amide bonds. The molecule has 1 aliphatic heterocycles. The summed E-state index contributed by atoms with van der Waals surface area (Å²) in [4.78, 5) is 2.31. The molecule has 2 rings (SSSR count). The van der Waals surface area contributed by atoms with Gasteiger partial charge < -0.3 is 4.74 Å². The van der Waals surface area contributed by atoms with Gasteiger partial charge >= 0.3 is 0 Å². The van der Waals surface area contributed by atoms with Gasteiger partial charge in [-0.25, -0.2) is 13.1 Å². The van der Waals surface area contributed by atoms with Gasteiger partial charge in [-0.15, -0.1) is 0 Å². The minimum absolute atomic E-state index is 0.0950. The van der Waals surface area contributed by atoms with Gasteiger partial charge in [-0.1, -0.05) is 30.3 Å². The lowest BCUT2D eigenvalue weighted by Crippen LogP contribution is -2.52. The van der Waals surface area contributed by atoms with Gasteiger partial charge in [-0.3, -0.25) is 4.90 Å². The minimum atomic E-state index is -3.19. The van der Waals surface area contributed by atoms with Crippen molar-refractivity contribution < 1.29 is 13.2 Å². The van der Waals surface area contributed by atoms with E-state index in [-0.39, 0.29) is 17.9 Å². The van der Waals surface area contributed by atoms with Crippen LogP contribution in [0, 0.1) is 0 Å². The number of rotatable bonds is 6. The molecule has 0 aromatic heterocycles. The van der Waals surface area contributed by atoms with E-state index >= 15 is 0 Å². The van der Waals surface area contributed by atoms with E-state index < -0.39 is 10.0 Å². The van der Waals surface area contributed by atoms with Crippen LogP contribution in [0.1, 0.15) is 19.4 Å². The van der Waals surface area contributed by atoms with Crippen LogP contribution < -0.4 is 4.72 Å². The first kappa shape index (κ1) is 16.4. The number of hydrogen-bond donors (Lipinski definition) is 1.